The lowest BCUT2D eigenvalue weighted by molar-refractivity contribution is 0.0650. The molecule has 118 valence electrons. The Balaban J connectivity index is 1.90. The maximum atomic E-state index is 2.45. The van der Waals surface area contributed by atoms with Crippen molar-refractivity contribution >= 4 is 0 Å². The Bertz CT molecular complexity index is 249. The smallest absolute Gasteiger partial charge is 0.0269 e. The van der Waals surface area contributed by atoms with Crippen LogP contribution in [0.25, 0.3) is 0 Å². The summed E-state index contributed by atoms with van der Waals surface area (Å²) in [5.41, 5.74) is 0.741. The van der Waals surface area contributed by atoms with Crippen molar-refractivity contribution in [1.82, 2.24) is 0 Å². The van der Waals surface area contributed by atoms with Crippen LogP contribution in [-0.4, -0.2) is 0 Å². The summed E-state index contributed by atoms with van der Waals surface area (Å²) in [5.74, 6) is 3.08. The maximum Gasteiger partial charge on any atom is -0.0269 e. The van der Waals surface area contributed by atoms with Crippen LogP contribution in [0.5, 0.6) is 0 Å². The van der Waals surface area contributed by atoms with Crippen molar-refractivity contribution in [3.8, 4) is 0 Å². The lowest BCUT2D eigenvalue weighted by Gasteiger charge is -2.45. The average Bonchev–Trinajstić information content (AvgIpc) is 2.49. The summed E-state index contributed by atoms with van der Waals surface area (Å²) < 4.78 is 0. The van der Waals surface area contributed by atoms with Gasteiger partial charge in [-0.1, -0.05) is 78.6 Å². The summed E-state index contributed by atoms with van der Waals surface area (Å²) in [4.78, 5) is 0. The van der Waals surface area contributed by atoms with Gasteiger partial charge in [0.2, 0.25) is 0 Å². The number of hydrogen-bond donors (Lipinski definition) is 0. The van der Waals surface area contributed by atoms with Gasteiger partial charge < -0.3 is 0 Å². The molecule has 0 heterocycles. The normalized spacial score (nSPS) is 30.6. The van der Waals surface area contributed by atoms with E-state index in [0.29, 0.717) is 0 Å². The molecule has 0 aromatic heterocycles. The Hall–Kier alpha value is 0. The Morgan fingerprint density at radius 1 is 0.900 bits per heavy atom. The lowest BCUT2D eigenvalue weighted by Crippen LogP contribution is -2.33. The zero-order chi connectivity index (χ0) is 14.4. The summed E-state index contributed by atoms with van der Waals surface area (Å²) >= 11 is 0. The first-order chi connectivity index (χ1) is 9.70. The maximum absolute atomic E-state index is 2.45. The Labute approximate surface area is 128 Å². The molecule has 0 heteroatoms. The fraction of sp³-hybridized carbons (Fsp3) is 1.00. The van der Waals surface area contributed by atoms with E-state index in [-0.39, 0.29) is 0 Å². The van der Waals surface area contributed by atoms with Gasteiger partial charge in [-0.15, -0.1) is 0 Å². The standard InChI is InChI=1S/C20H38/c1-4-19(5-2)20(14-7-6-8-15-20)16-13-18-11-9-17(3)10-12-18/h17-19H,4-16H2,1-3H3. The second-order valence-electron chi connectivity index (χ2n) is 8.10. The largest absolute Gasteiger partial charge is 0.0651 e. The van der Waals surface area contributed by atoms with Crippen LogP contribution in [-0.2, 0) is 0 Å². The van der Waals surface area contributed by atoms with E-state index in [9.17, 15) is 0 Å². The molecule has 0 bridgehead atoms. The Morgan fingerprint density at radius 2 is 1.50 bits per heavy atom. The molecule has 0 aromatic rings. The molecule has 2 saturated carbocycles. The van der Waals surface area contributed by atoms with Gasteiger partial charge in [-0.2, -0.15) is 0 Å². The molecule has 0 N–H and O–H groups in total. The molecule has 2 rings (SSSR count). The van der Waals surface area contributed by atoms with Crippen LogP contribution in [0, 0.1) is 23.2 Å². The molecule has 2 aliphatic rings. The van der Waals surface area contributed by atoms with Crippen LogP contribution in [0.3, 0.4) is 0 Å². The fourth-order valence-electron chi connectivity index (χ4n) is 5.38. The zero-order valence-corrected chi connectivity index (χ0v) is 14.4. The quantitative estimate of drug-likeness (QED) is 0.491. The van der Waals surface area contributed by atoms with Gasteiger partial charge >= 0.3 is 0 Å². The van der Waals surface area contributed by atoms with Crippen LogP contribution >= 0.6 is 0 Å². The van der Waals surface area contributed by atoms with E-state index in [1.54, 1.807) is 25.7 Å². The summed E-state index contributed by atoms with van der Waals surface area (Å²) in [6.45, 7) is 7.32. The highest BCUT2D eigenvalue weighted by Gasteiger charge is 2.38. The Morgan fingerprint density at radius 3 is 2.05 bits per heavy atom. The molecular formula is C20H38. The first kappa shape index (κ1) is 16.4. The monoisotopic (exact) mass is 278 g/mol. The van der Waals surface area contributed by atoms with Gasteiger partial charge in [0.1, 0.15) is 0 Å². The van der Waals surface area contributed by atoms with Crippen LogP contribution in [0.15, 0.2) is 0 Å². The molecule has 0 aliphatic heterocycles. The highest BCUT2D eigenvalue weighted by Crippen LogP contribution is 2.50. The van der Waals surface area contributed by atoms with Gasteiger partial charge in [-0.05, 0) is 48.9 Å². The van der Waals surface area contributed by atoms with E-state index >= 15 is 0 Å². The predicted molar refractivity (Wildman–Crippen MR) is 89.9 cm³/mol. The predicted octanol–water partition coefficient (Wildman–Crippen LogP) is 6.98. The van der Waals surface area contributed by atoms with Crippen LogP contribution < -0.4 is 0 Å². The molecule has 0 unspecified atom stereocenters. The second-order valence-corrected chi connectivity index (χ2v) is 8.10. The molecule has 0 aromatic carbocycles. The van der Waals surface area contributed by atoms with Crippen molar-refractivity contribution < 1.29 is 0 Å². The summed E-state index contributed by atoms with van der Waals surface area (Å²) in [6, 6.07) is 0. The number of hydrogen-bond acceptors (Lipinski definition) is 0. The van der Waals surface area contributed by atoms with Gasteiger partial charge in [0.15, 0.2) is 0 Å². The molecule has 0 spiro atoms. The molecular weight excluding hydrogens is 240 g/mol. The van der Waals surface area contributed by atoms with E-state index in [1.807, 2.05) is 0 Å². The lowest BCUT2D eigenvalue weighted by atomic mass is 9.61. The van der Waals surface area contributed by atoms with Crippen molar-refractivity contribution in [1.29, 1.82) is 0 Å². The highest BCUT2D eigenvalue weighted by atomic mass is 14.4. The first-order valence-electron chi connectivity index (χ1n) is 9.70. The molecule has 0 saturated heterocycles. The van der Waals surface area contributed by atoms with E-state index < -0.39 is 0 Å². The second kappa shape index (κ2) is 7.85. The molecule has 2 aliphatic carbocycles. The summed E-state index contributed by atoms with van der Waals surface area (Å²) in [6.07, 6.45) is 19.6. The fourth-order valence-corrected chi connectivity index (χ4v) is 5.38. The van der Waals surface area contributed by atoms with Gasteiger partial charge in [0.25, 0.3) is 0 Å². The topological polar surface area (TPSA) is 0 Å². The molecule has 0 nitrogen and oxygen atoms in total. The van der Waals surface area contributed by atoms with Gasteiger partial charge in [-0.25, -0.2) is 0 Å². The SMILES string of the molecule is CCC(CC)C1(CCC2CCC(C)CC2)CCCCC1. The summed E-state index contributed by atoms with van der Waals surface area (Å²) in [7, 11) is 0. The minimum absolute atomic E-state index is 0.741. The third-order valence-electron chi connectivity index (χ3n) is 6.89. The van der Waals surface area contributed by atoms with Gasteiger partial charge in [0, 0.05) is 0 Å². The van der Waals surface area contributed by atoms with Crippen molar-refractivity contribution in [2.75, 3.05) is 0 Å². The molecule has 0 atom stereocenters. The first-order valence-corrected chi connectivity index (χ1v) is 9.70. The van der Waals surface area contributed by atoms with Crippen molar-refractivity contribution in [3.05, 3.63) is 0 Å². The van der Waals surface area contributed by atoms with E-state index in [2.05, 4.69) is 20.8 Å². The average molecular weight is 279 g/mol. The zero-order valence-electron chi connectivity index (χ0n) is 14.4. The van der Waals surface area contributed by atoms with E-state index in [1.165, 1.54) is 57.8 Å². The molecule has 0 amide bonds. The van der Waals surface area contributed by atoms with E-state index in [4.69, 9.17) is 0 Å². The van der Waals surface area contributed by atoms with Crippen LogP contribution in [0.4, 0.5) is 0 Å². The van der Waals surface area contributed by atoms with Gasteiger partial charge in [-0.3, -0.25) is 0 Å². The van der Waals surface area contributed by atoms with Crippen molar-refractivity contribution in [3.63, 3.8) is 0 Å². The molecule has 20 heavy (non-hydrogen) atoms. The van der Waals surface area contributed by atoms with Crippen LogP contribution in [0.1, 0.15) is 104 Å². The third kappa shape index (κ3) is 4.01. The molecule has 0 radical (unpaired) electrons. The molecule has 2 fully saturated rings. The Kier molecular flexibility index (Phi) is 6.43. The van der Waals surface area contributed by atoms with Gasteiger partial charge in [0.05, 0.1) is 0 Å². The summed E-state index contributed by atoms with van der Waals surface area (Å²) in [5, 5.41) is 0. The van der Waals surface area contributed by atoms with Crippen molar-refractivity contribution in [2.45, 2.75) is 104 Å². The minimum atomic E-state index is 0.741. The van der Waals surface area contributed by atoms with Crippen molar-refractivity contribution in [2.24, 2.45) is 23.2 Å². The highest BCUT2D eigenvalue weighted by molar-refractivity contribution is 4.89. The third-order valence-corrected chi connectivity index (χ3v) is 6.89. The van der Waals surface area contributed by atoms with E-state index in [0.717, 1.165) is 23.2 Å². The number of rotatable bonds is 6. The van der Waals surface area contributed by atoms with Crippen LogP contribution in [0.2, 0.25) is 0 Å². The minimum Gasteiger partial charge on any atom is -0.0651 e.